The predicted octanol–water partition coefficient (Wildman–Crippen LogP) is 3.85. The van der Waals surface area contributed by atoms with Crippen molar-refractivity contribution in [2.75, 3.05) is 11.9 Å². The lowest BCUT2D eigenvalue weighted by Gasteiger charge is -2.20. The fourth-order valence-electron chi connectivity index (χ4n) is 2.58. The molecule has 0 aliphatic carbocycles. The average molecular weight is 272 g/mol. The van der Waals surface area contributed by atoms with Gasteiger partial charge in [-0.1, -0.05) is 18.2 Å². The highest BCUT2D eigenvalue weighted by Crippen LogP contribution is 2.35. The number of para-hydroxylation sites is 1. The first kappa shape index (κ1) is 12.9. The van der Waals surface area contributed by atoms with E-state index in [1.54, 1.807) is 6.07 Å². The van der Waals surface area contributed by atoms with E-state index in [0.717, 1.165) is 42.0 Å². The highest BCUT2D eigenvalue weighted by atomic mass is 19.1. The Bertz CT molecular complexity index is 598. The third-order valence-electron chi connectivity index (χ3n) is 3.57. The van der Waals surface area contributed by atoms with Crippen LogP contribution in [0.4, 0.5) is 10.1 Å². The van der Waals surface area contributed by atoms with Crippen molar-refractivity contribution < 1.29 is 9.13 Å². The van der Waals surface area contributed by atoms with Crippen molar-refractivity contribution in [1.29, 1.82) is 0 Å². The van der Waals surface area contributed by atoms with E-state index in [9.17, 15) is 4.39 Å². The lowest BCUT2D eigenvalue weighted by Crippen LogP contribution is -2.10. The number of aryl methyl sites for hydroxylation is 1. The largest absolute Gasteiger partial charge is 0.493 e. The van der Waals surface area contributed by atoms with Crippen LogP contribution < -0.4 is 10.1 Å². The van der Waals surface area contributed by atoms with Gasteiger partial charge in [-0.3, -0.25) is 0 Å². The number of hydrogen-bond acceptors (Lipinski definition) is 3. The third kappa shape index (κ3) is 2.59. The molecule has 1 aromatic carbocycles. The number of halogens is 1. The summed E-state index contributed by atoms with van der Waals surface area (Å²) in [5.74, 6) is 0.508. The Balaban J connectivity index is 1.90. The summed E-state index contributed by atoms with van der Waals surface area (Å²) in [5.41, 5.74) is 3.13. The van der Waals surface area contributed by atoms with Crippen LogP contribution in [0.5, 0.6) is 5.75 Å². The fourth-order valence-corrected chi connectivity index (χ4v) is 2.58. The van der Waals surface area contributed by atoms with E-state index in [0.29, 0.717) is 0 Å². The monoisotopic (exact) mass is 272 g/mol. The molecule has 1 N–H and O–H groups in total. The Hall–Kier alpha value is -2.10. The molecular formula is C16H17FN2O. The number of nitrogens with one attached hydrogen (secondary N) is 1. The minimum atomic E-state index is -0.462. The Morgan fingerprint density at radius 1 is 1.30 bits per heavy atom. The van der Waals surface area contributed by atoms with Gasteiger partial charge in [-0.05, 0) is 37.5 Å². The Morgan fingerprint density at radius 3 is 3.00 bits per heavy atom. The highest BCUT2D eigenvalue weighted by molar-refractivity contribution is 5.49. The van der Waals surface area contributed by atoms with Crippen molar-refractivity contribution in [3.05, 3.63) is 53.6 Å². The molecule has 1 atom stereocenters. The molecule has 3 rings (SSSR count). The van der Waals surface area contributed by atoms with Gasteiger partial charge in [0.25, 0.3) is 0 Å². The molecule has 1 unspecified atom stereocenters. The van der Waals surface area contributed by atoms with E-state index in [1.165, 1.54) is 12.3 Å². The summed E-state index contributed by atoms with van der Waals surface area (Å²) in [4.78, 5) is 3.68. The Kier molecular flexibility index (Phi) is 3.54. The standard InChI is InChI=1S/C16H17FN2O/c1-11-4-2-5-13-14(6-3-9-20-16(11)13)19-12-7-8-15(17)18-10-12/h2,4-5,7-8,10,14,19H,3,6,9H2,1H3. The number of pyridine rings is 1. The molecule has 20 heavy (non-hydrogen) atoms. The molecule has 0 saturated carbocycles. The van der Waals surface area contributed by atoms with E-state index >= 15 is 0 Å². The van der Waals surface area contributed by atoms with E-state index in [-0.39, 0.29) is 6.04 Å². The lowest BCUT2D eigenvalue weighted by molar-refractivity contribution is 0.314. The maximum atomic E-state index is 12.9. The van der Waals surface area contributed by atoms with Crippen molar-refractivity contribution in [2.45, 2.75) is 25.8 Å². The van der Waals surface area contributed by atoms with Crippen LogP contribution in [0.15, 0.2) is 36.5 Å². The zero-order valence-electron chi connectivity index (χ0n) is 11.4. The van der Waals surface area contributed by atoms with Gasteiger partial charge in [-0.15, -0.1) is 0 Å². The number of hydrogen-bond donors (Lipinski definition) is 1. The molecule has 0 radical (unpaired) electrons. The van der Waals surface area contributed by atoms with Gasteiger partial charge in [0.05, 0.1) is 24.5 Å². The number of ether oxygens (including phenoxy) is 1. The molecule has 104 valence electrons. The summed E-state index contributed by atoms with van der Waals surface area (Å²) in [6.07, 6.45) is 3.49. The van der Waals surface area contributed by atoms with E-state index in [1.807, 2.05) is 6.07 Å². The fraction of sp³-hybridized carbons (Fsp3) is 0.312. The molecule has 2 aromatic rings. The summed E-state index contributed by atoms with van der Waals surface area (Å²) < 4.78 is 18.7. The summed E-state index contributed by atoms with van der Waals surface area (Å²) in [5, 5.41) is 3.42. The van der Waals surface area contributed by atoms with Crippen LogP contribution in [-0.4, -0.2) is 11.6 Å². The van der Waals surface area contributed by atoms with Crippen molar-refractivity contribution >= 4 is 5.69 Å². The molecular weight excluding hydrogens is 255 g/mol. The number of rotatable bonds is 2. The summed E-state index contributed by atoms with van der Waals surface area (Å²) in [6, 6.07) is 9.43. The van der Waals surface area contributed by atoms with Crippen LogP contribution in [0.3, 0.4) is 0 Å². The van der Waals surface area contributed by atoms with Gasteiger partial charge in [0.1, 0.15) is 5.75 Å². The van der Waals surface area contributed by atoms with Crippen LogP contribution in [0, 0.1) is 12.9 Å². The molecule has 1 aliphatic heterocycles. The zero-order chi connectivity index (χ0) is 13.9. The second-order valence-electron chi connectivity index (χ2n) is 5.05. The van der Waals surface area contributed by atoms with Crippen LogP contribution in [0.25, 0.3) is 0 Å². The van der Waals surface area contributed by atoms with Crippen LogP contribution in [0.1, 0.15) is 30.0 Å². The zero-order valence-corrected chi connectivity index (χ0v) is 11.4. The summed E-state index contributed by atoms with van der Waals surface area (Å²) >= 11 is 0. The summed E-state index contributed by atoms with van der Waals surface area (Å²) in [7, 11) is 0. The molecule has 4 heteroatoms. The van der Waals surface area contributed by atoms with Gasteiger partial charge in [0.2, 0.25) is 5.95 Å². The molecule has 0 amide bonds. The number of aromatic nitrogens is 1. The minimum Gasteiger partial charge on any atom is -0.493 e. The Labute approximate surface area is 117 Å². The molecule has 0 bridgehead atoms. The maximum Gasteiger partial charge on any atom is 0.212 e. The molecule has 0 saturated heterocycles. The maximum absolute atomic E-state index is 12.9. The van der Waals surface area contributed by atoms with Crippen molar-refractivity contribution in [1.82, 2.24) is 4.98 Å². The van der Waals surface area contributed by atoms with Gasteiger partial charge < -0.3 is 10.1 Å². The van der Waals surface area contributed by atoms with Crippen LogP contribution >= 0.6 is 0 Å². The smallest absolute Gasteiger partial charge is 0.212 e. The molecule has 1 aliphatic rings. The topological polar surface area (TPSA) is 34.1 Å². The number of nitrogens with zero attached hydrogens (tertiary/aromatic N) is 1. The lowest BCUT2D eigenvalue weighted by atomic mass is 9.99. The quantitative estimate of drug-likeness (QED) is 0.843. The summed E-state index contributed by atoms with van der Waals surface area (Å²) in [6.45, 7) is 2.79. The van der Waals surface area contributed by atoms with Crippen molar-refractivity contribution in [2.24, 2.45) is 0 Å². The first-order valence-corrected chi connectivity index (χ1v) is 6.84. The van der Waals surface area contributed by atoms with E-state index < -0.39 is 5.95 Å². The van der Waals surface area contributed by atoms with Gasteiger partial charge in [0.15, 0.2) is 0 Å². The second-order valence-corrected chi connectivity index (χ2v) is 5.05. The third-order valence-corrected chi connectivity index (χ3v) is 3.57. The van der Waals surface area contributed by atoms with Crippen molar-refractivity contribution in [3.8, 4) is 5.75 Å². The Morgan fingerprint density at radius 2 is 2.20 bits per heavy atom. The molecule has 2 heterocycles. The highest BCUT2D eigenvalue weighted by Gasteiger charge is 2.20. The van der Waals surface area contributed by atoms with Crippen LogP contribution in [-0.2, 0) is 0 Å². The van der Waals surface area contributed by atoms with Gasteiger partial charge in [-0.2, -0.15) is 4.39 Å². The normalized spacial score (nSPS) is 17.8. The van der Waals surface area contributed by atoms with Crippen LogP contribution in [0.2, 0.25) is 0 Å². The van der Waals surface area contributed by atoms with Crippen molar-refractivity contribution in [3.63, 3.8) is 0 Å². The SMILES string of the molecule is Cc1cccc2c1OCCCC2Nc1ccc(F)nc1. The number of anilines is 1. The van der Waals surface area contributed by atoms with Gasteiger partial charge in [0, 0.05) is 5.56 Å². The average Bonchev–Trinajstić information content (AvgIpc) is 2.65. The molecule has 0 fully saturated rings. The van der Waals surface area contributed by atoms with Gasteiger partial charge >= 0.3 is 0 Å². The number of fused-ring (bicyclic) bond motifs is 1. The molecule has 1 aromatic heterocycles. The van der Waals surface area contributed by atoms with E-state index in [4.69, 9.17) is 4.74 Å². The van der Waals surface area contributed by atoms with E-state index in [2.05, 4.69) is 29.4 Å². The predicted molar refractivity (Wildman–Crippen MR) is 76.5 cm³/mol. The number of benzene rings is 1. The first-order valence-electron chi connectivity index (χ1n) is 6.84. The molecule has 0 spiro atoms. The van der Waals surface area contributed by atoms with Gasteiger partial charge in [-0.25, -0.2) is 4.98 Å². The minimum absolute atomic E-state index is 0.166. The second kappa shape index (κ2) is 5.49. The first-order chi connectivity index (χ1) is 9.74. The molecule has 3 nitrogen and oxygen atoms in total.